The second-order valence-electron chi connectivity index (χ2n) is 10.2. The first-order chi connectivity index (χ1) is 17.7. The van der Waals surface area contributed by atoms with Crippen LogP contribution in [0.4, 0.5) is 5.82 Å². The van der Waals surface area contributed by atoms with E-state index in [4.69, 9.17) is 4.98 Å². The molecule has 1 amide bonds. The zero-order chi connectivity index (χ0) is 26.3. The average molecular weight is 495 g/mol. The Labute approximate surface area is 216 Å². The number of nitriles is 1. The monoisotopic (exact) mass is 494 g/mol. The molecular weight excluding hydrogens is 464 g/mol. The number of hydrogen-bond donors (Lipinski definition) is 1. The van der Waals surface area contributed by atoms with E-state index in [2.05, 4.69) is 41.2 Å². The number of amides is 1. The smallest absolute Gasteiger partial charge is 0.254 e. The summed E-state index contributed by atoms with van der Waals surface area (Å²) in [5.74, 6) is 0.529. The summed E-state index contributed by atoms with van der Waals surface area (Å²) in [6, 6.07) is 19.6. The van der Waals surface area contributed by atoms with Crippen LogP contribution < -0.4 is 4.90 Å². The van der Waals surface area contributed by atoms with Gasteiger partial charge in [0.1, 0.15) is 17.7 Å². The van der Waals surface area contributed by atoms with Gasteiger partial charge in [-0.25, -0.2) is 9.97 Å². The summed E-state index contributed by atoms with van der Waals surface area (Å²) in [7, 11) is 0. The molecule has 1 aliphatic heterocycles. The molecule has 8 nitrogen and oxygen atoms in total. The van der Waals surface area contributed by atoms with E-state index in [1.807, 2.05) is 47.9 Å². The number of aliphatic hydroxyl groups is 1. The molecule has 1 fully saturated rings. The molecular formula is C29H30N6O2. The van der Waals surface area contributed by atoms with Crippen LogP contribution in [0, 0.1) is 11.3 Å². The Morgan fingerprint density at radius 1 is 1.05 bits per heavy atom. The molecule has 2 aromatic carbocycles. The van der Waals surface area contributed by atoms with Crippen molar-refractivity contribution in [3.05, 3.63) is 72.7 Å². The SMILES string of the molecule is C[C@@H]1CN(c2ncnc3c2c(-c2ccccc2)cn3-c2cccc(C#N)c2)[C@@H](C)CN1C(=O)C(C)(C)O. The van der Waals surface area contributed by atoms with Gasteiger partial charge in [-0.05, 0) is 51.5 Å². The minimum atomic E-state index is -1.42. The fraction of sp³-hybridized carbons (Fsp3) is 0.310. The molecule has 188 valence electrons. The van der Waals surface area contributed by atoms with Crippen molar-refractivity contribution in [1.82, 2.24) is 19.4 Å². The van der Waals surface area contributed by atoms with Crippen LogP contribution in [-0.4, -0.2) is 61.2 Å². The third-order valence-corrected chi connectivity index (χ3v) is 6.94. The number of fused-ring (bicyclic) bond motifs is 1. The van der Waals surface area contributed by atoms with Crippen LogP contribution in [0.5, 0.6) is 0 Å². The first-order valence-corrected chi connectivity index (χ1v) is 12.4. The van der Waals surface area contributed by atoms with Gasteiger partial charge in [0.15, 0.2) is 5.65 Å². The van der Waals surface area contributed by atoms with E-state index in [1.165, 1.54) is 13.8 Å². The average Bonchev–Trinajstić information content (AvgIpc) is 3.29. The molecule has 0 aliphatic carbocycles. The number of benzene rings is 2. The number of piperazine rings is 1. The molecule has 0 radical (unpaired) electrons. The van der Waals surface area contributed by atoms with Gasteiger partial charge >= 0.3 is 0 Å². The fourth-order valence-electron chi connectivity index (χ4n) is 5.08. The number of anilines is 1. The van der Waals surface area contributed by atoms with Crippen molar-refractivity contribution in [2.24, 2.45) is 0 Å². The second-order valence-corrected chi connectivity index (χ2v) is 10.2. The maximum atomic E-state index is 12.9. The molecule has 1 saturated heterocycles. The van der Waals surface area contributed by atoms with Gasteiger partial charge in [-0.1, -0.05) is 36.4 Å². The van der Waals surface area contributed by atoms with Crippen molar-refractivity contribution >= 4 is 22.8 Å². The largest absolute Gasteiger partial charge is 0.381 e. The summed E-state index contributed by atoms with van der Waals surface area (Å²) < 4.78 is 2.01. The van der Waals surface area contributed by atoms with Gasteiger partial charge in [-0.15, -0.1) is 0 Å². The van der Waals surface area contributed by atoms with Gasteiger partial charge in [0.05, 0.1) is 17.0 Å². The molecule has 4 aromatic rings. The van der Waals surface area contributed by atoms with Crippen molar-refractivity contribution < 1.29 is 9.90 Å². The summed E-state index contributed by atoms with van der Waals surface area (Å²) in [4.78, 5) is 26.3. The van der Waals surface area contributed by atoms with Gasteiger partial charge in [-0.3, -0.25) is 4.79 Å². The van der Waals surface area contributed by atoms with Crippen molar-refractivity contribution in [3.8, 4) is 22.9 Å². The van der Waals surface area contributed by atoms with Crippen LogP contribution in [0.3, 0.4) is 0 Å². The quantitative estimate of drug-likeness (QED) is 0.458. The summed E-state index contributed by atoms with van der Waals surface area (Å²) in [6.07, 6.45) is 3.62. The maximum absolute atomic E-state index is 12.9. The Morgan fingerprint density at radius 3 is 2.51 bits per heavy atom. The number of carbonyl (C=O) groups excluding carboxylic acids is 1. The van der Waals surface area contributed by atoms with E-state index < -0.39 is 5.60 Å². The highest BCUT2D eigenvalue weighted by Gasteiger charge is 2.39. The predicted octanol–water partition coefficient (Wildman–Crippen LogP) is 4.16. The van der Waals surface area contributed by atoms with Gasteiger partial charge < -0.3 is 19.5 Å². The Morgan fingerprint density at radius 2 is 1.81 bits per heavy atom. The third kappa shape index (κ3) is 4.43. The lowest BCUT2D eigenvalue weighted by atomic mass is 10.0. The lowest BCUT2D eigenvalue weighted by Crippen LogP contribution is -2.61. The second kappa shape index (κ2) is 9.34. The van der Waals surface area contributed by atoms with E-state index in [-0.39, 0.29) is 18.0 Å². The van der Waals surface area contributed by atoms with Gasteiger partial charge in [0.2, 0.25) is 0 Å². The highest BCUT2D eigenvalue weighted by Crippen LogP contribution is 2.38. The number of rotatable bonds is 4. The topological polar surface area (TPSA) is 98.3 Å². The van der Waals surface area contributed by atoms with E-state index in [1.54, 1.807) is 17.3 Å². The maximum Gasteiger partial charge on any atom is 0.254 e. The molecule has 1 aliphatic rings. The van der Waals surface area contributed by atoms with Crippen LogP contribution in [-0.2, 0) is 4.79 Å². The minimum Gasteiger partial charge on any atom is -0.381 e. The molecule has 2 atom stereocenters. The fourth-order valence-corrected chi connectivity index (χ4v) is 5.08. The van der Waals surface area contributed by atoms with Crippen LogP contribution >= 0.6 is 0 Å². The molecule has 0 saturated carbocycles. The van der Waals surface area contributed by atoms with Gasteiger partial charge in [0.25, 0.3) is 5.91 Å². The van der Waals surface area contributed by atoms with Crippen molar-refractivity contribution in [3.63, 3.8) is 0 Å². The highest BCUT2D eigenvalue weighted by atomic mass is 16.3. The Balaban J connectivity index is 1.66. The summed E-state index contributed by atoms with van der Waals surface area (Å²) >= 11 is 0. The first-order valence-electron chi connectivity index (χ1n) is 12.4. The zero-order valence-corrected chi connectivity index (χ0v) is 21.5. The van der Waals surface area contributed by atoms with E-state index in [9.17, 15) is 15.2 Å². The molecule has 0 spiro atoms. The van der Waals surface area contributed by atoms with Crippen LogP contribution in [0.2, 0.25) is 0 Å². The van der Waals surface area contributed by atoms with E-state index in [0.717, 1.165) is 33.7 Å². The first kappa shape index (κ1) is 24.5. The van der Waals surface area contributed by atoms with Crippen molar-refractivity contribution in [2.45, 2.75) is 45.4 Å². The van der Waals surface area contributed by atoms with Gasteiger partial charge in [0, 0.05) is 42.6 Å². The van der Waals surface area contributed by atoms with Crippen LogP contribution in [0.15, 0.2) is 67.1 Å². The van der Waals surface area contributed by atoms with Gasteiger partial charge in [-0.2, -0.15) is 5.26 Å². The van der Waals surface area contributed by atoms with Crippen molar-refractivity contribution in [1.29, 1.82) is 5.26 Å². The lowest BCUT2D eigenvalue weighted by Gasteiger charge is -2.46. The standard InChI is InChI=1S/C29H30N6O2/c1-19-16-34(28(36)29(3,4)37)20(2)15-33(19)26-25-24(22-10-6-5-7-11-22)17-35(27(25)32-18-31-26)23-12-8-9-21(13-23)14-30/h5-13,17-20,37H,15-16H2,1-4H3/t19-,20+/m0/s1. The Bertz CT molecular complexity index is 1500. The van der Waals surface area contributed by atoms with Crippen LogP contribution in [0.1, 0.15) is 33.3 Å². The predicted molar refractivity (Wildman–Crippen MR) is 143 cm³/mol. The summed E-state index contributed by atoms with van der Waals surface area (Å²) in [5.41, 5.74) is 2.77. The molecule has 8 heteroatoms. The molecule has 5 rings (SSSR count). The molecule has 2 aromatic heterocycles. The normalized spacial score (nSPS) is 18.2. The van der Waals surface area contributed by atoms with Crippen molar-refractivity contribution in [2.75, 3.05) is 18.0 Å². The van der Waals surface area contributed by atoms with E-state index >= 15 is 0 Å². The third-order valence-electron chi connectivity index (χ3n) is 6.94. The molecule has 3 heterocycles. The number of hydrogen-bond acceptors (Lipinski definition) is 6. The zero-order valence-electron chi connectivity index (χ0n) is 21.5. The number of nitrogens with zero attached hydrogens (tertiary/aromatic N) is 6. The van der Waals surface area contributed by atoms with Crippen LogP contribution in [0.25, 0.3) is 27.8 Å². The molecule has 37 heavy (non-hydrogen) atoms. The minimum absolute atomic E-state index is 0.0329. The highest BCUT2D eigenvalue weighted by molar-refractivity contribution is 6.02. The Hall–Kier alpha value is -4.22. The Kier molecular flexibility index (Phi) is 6.18. The summed E-state index contributed by atoms with van der Waals surface area (Å²) in [6.45, 7) is 8.17. The molecule has 0 unspecified atom stereocenters. The number of aromatic nitrogens is 3. The molecule has 1 N–H and O–H groups in total. The van der Waals surface area contributed by atoms with E-state index in [0.29, 0.717) is 18.7 Å². The molecule has 0 bridgehead atoms. The summed E-state index contributed by atoms with van der Waals surface area (Å²) in [5, 5.41) is 20.7. The lowest BCUT2D eigenvalue weighted by molar-refractivity contribution is -0.151. The number of carbonyl (C=O) groups is 1.